The highest BCUT2D eigenvalue weighted by atomic mass is 16.3. The molecule has 6 heteroatoms. The van der Waals surface area contributed by atoms with Gasteiger partial charge < -0.3 is 25.7 Å². The fourth-order valence-electron chi connectivity index (χ4n) is 7.99. The molecule has 0 heterocycles. The molecule has 0 aromatic rings. The van der Waals surface area contributed by atoms with E-state index in [2.05, 4.69) is 31.3 Å². The van der Waals surface area contributed by atoms with Gasteiger partial charge in [0.05, 0.1) is 18.8 Å². The number of hydrogen-bond acceptors (Lipinski definition) is 5. The van der Waals surface area contributed by atoms with E-state index in [1.807, 2.05) is 0 Å². The number of aliphatic hydroxyl groups is 4. The minimum atomic E-state index is -1.26. The molecule has 0 aromatic carbocycles. The highest BCUT2D eigenvalue weighted by molar-refractivity contribution is 5.80. The Morgan fingerprint density at radius 3 is 1.04 bits per heavy atom. The minimum Gasteiger partial charge on any atom is -0.394 e. The summed E-state index contributed by atoms with van der Waals surface area (Å²) in [7, 11) is 0. The average molecular weight is 794 g/mol. The predicted octanol–water partition coefficient (Wildman–Crippen LogP) is 13.7. The molecule has 0 radical (unpaired) electrons. The van der Waals surface area contributed by atoms with E-state index in [9.17, 15) is 25.2 Å². The van der Waals surface area contributed by atoms with Gasteiger partial charge in [-0.15, -0.1) is 0 Å². The van der Waals surface area contributed by atoms with E-state index in [4.69, 9.17) is 0 Å². The fraction of sp³-hybridized carbons (Fsp3) is 0.940. The molecule has 5 N–H and O–H groups in total. The topological polar surface area (TPSA) is 110 Å². The van der Waals surface area contributed by atoms with Gasteiger partial charge >= 0.3 is 0 Å². The first-order chi connectivity index (χ1) is 27.5. The Hall–Kier alpha value is -0.950. The maximum atomic E-state index is 12.5. The van der Waals surface area contributed by atoms with Gasteiger partial charge in [0, 0.05) is 0 Å². The van der Waals surface area contributed by atoms with Crippen LogP contribution in [0.3, 0.4) is 0 Å². The van der Waals surface area contributed by atoms with Gasteiger partial charge in [-0.25, -0.2) is 0 Å². The molecule has 0 saturated heterocycles. The van der Waals surface area contributed by atoms with Gasteiger partial charge in [-0.3, -0.25) is 4.79 Å². The second-order valence-electron chi connectivity index (χ2n) is 17.5. The van der Waals surface area contributed by atoms with Gasteiger partial charge in [0.1, 0.15) is 12.2 Å². The number of hydrogen-bond donors (Lipinski definition) is 5. The maximum Gasteiger partial charge on any atom is 0.249 e. The third-order valence-corrected chi connectivity index (χ3v) is 12.0. The number of rotatable bonds is 46. The fourth-order valence-corrected chi connectivity index (χ4v) is 7.99. The van der Waals surface area contributed by atoms with Crippen LogP contribution in [0.1, 0.15) is 271 Å². The molecule has 334 valence electrons. The van der Waals surface area contributed by atoms with Gasteiger partial charge in [0.15, 0.2) is 0 Å². The zero-order valence-electron chi connectivity index (χ0n) is 37.7. The number of nitrogens with one attached hydrogen (secondary N) is 1. The van der Waals surface area contributed by atoms with Crippen molar-refractivity contribution in [1.82, 2.24) is 5.32 Å². The molecule has 0 bridgehead atoms. The summed E-state index contributed by atoms with van der Waals surface area (Å²) >= 11 is 0. The second-order valence-corrected chi connectivity index (χ2v) is 17.5. The normalized spacial score (nSPS) is 14.0. The molecule has 0 fully saturated rings. The first-order valence-corrected chi connectivity index (χ1v) is 25.1. The lowest BCUT2D eigenvalue weighted by Gasteiger charge is -2.27. The van der Waals surface area contributed by atoms with Crippen molar-refractivity contribution in [3.05, 3.63) is 12.2 Å². The number of allylic oxidation sites excluding steroid dienone is 2. The lowest BCUT2D eigenvalue weighted by Crippen LogP contribution is -2.53. The summed E-state index contributed by atoms with van der Waals surface area (Å²) in [6, 6.07) is -0.985. The Morgan fingerprint density at radius 1 is 0.429 bits per heavy atom. The highest BCUT2D eigenvalue weighted by Crippen LogP contribution is 2.17. The summed E-state index contributed by atoms with van der Waals surface area (Å²) in [5.74, 6) is -0.585. The molecule has 0 spiro atoms. The Labute approximate surface area is 349 Å². The summed E-state index contributed by atoms with van der Waals surface area (Å²) < 4.78 is 0. The molecule has 0 aromatic heterocycles. The molecule has 56 heavy (non-hydrogen) atoms. The van der Waals surface area contributed by atoms with Crippen molar-refractivity contribution in [2.24, 2.45) is 0 Å². The van der Waals surface area contributed by atoms with Crippen LogP contribution in [-0.2, 0) is 4.79 Å². The Bertz CT molecular complexity index is 806. The number of unbranched alkanes of at least 4 members (excludes halogenated alkanes) is 35. The molecule has 0 aliphatic carbocycles. The van der Waals surface area contributed by atoms with E-state index >= 15 is 0 Å². The van der Waals surface area contributed by atoms with Gasteiger partial charge in [0.25, 0.3) is 0 Å². The van der Waals surface area contributed by atoms with Crippen LogP contribution in [0, 0.1) is 0 Å². The quantitative estimate of drug-likeness (QED) is 0.0311. The minimum absolute atomic E-state index is 0.365. The van der Waals surface area contributed by atoms with Gasteiger partial charge in [0.2, 0.25) is 5.91 Å². The van der Waals surface area contributed by atoms with Gasteiger partial charge in [-0.2, -0.15) is 0 Å². The third kappa shape index (κ3) is 38.6. The summed E-state index contributed by atoms with van der Waals surface area (Å²) in [6.45, 7) is 4.07. The number of carbonyl (C=O) groups is 1. The molecular weight excluding hydrogens is 695 g/mol. The summed E-state index contributed by atoms with van der Waals surface area (Å²) in [5.41, 5.74) is 0. The van der Waals surface area contributed by atoms with Crippen molar-refractivity contribution in [2.75, 3.05) is 6.61 Å². The zero-order valence-corrected chi connectivity index (χ0v) is 37.7. The SMILES string of the molecule is CCCCCCCCCC/C=C\CCCCCCCCC(O)C(=O)NC(CO)C(O)C(O)CCCCCCCCCCCCCCCCCCCCCCCC. The van der Waals surface area contributed by atoms with Crippen molar-refractivity contribution >= 4 is 5.91 Å². The van der Waals surface area contributed by atoms with Crippen LogP contribution >= 0.6 is 0 Å². The molecule has 0 rings (SSSR count). The van der Waals surface area contributed by atoms with E-state index in [-0.39, 0.29) is 0 Å². The van der Waals surface area contributed by atoms with Crippen LogP contribution in [0.4, 0.5) is 0 Å². The van der Waals surface area contributed by atoms with Crippen LogP contribution in [0.15, 0.2) is 12.2 Å². The molecule has 4 unspecified atom stereocenters. The van der Waals surface area contributed by atoms with Crippen LogP contribution in [0.5, 0.6) is 0 Å². The Balaban J connectivity index is 3.66. The smallest absolute Gasteiger partial charge is 0.249 e. The standard InChI is InChI=1S/C50H99NO5/c1-3-5-7-9-11-13-15-17-19-21-23-24-25-26-28-29-31-33-35-37-39-41-43-47(53)49(55)46(45-52)51-50(56)48(54)44-42-40-38-36-34-32-30-27-22-20-18-16-14-12-10-8-6-4-2/h22,27,46-49,52-55H,3-21,23-26,28-45H2,1-2H3,(H,51,56)/b27-22-. The zero-order chi connectivity index (χ0) is 41.0. The molecule has 6 nitrogen and oxygen atoms in total. The number of amides is 1. The van der Waals surface area contributed by atoms with Crippen molar-refractivity contribution < 1.29 is 25.2 Å². The van der Waals surface area contributed by atoms with Crippen LogP contribution in [-0.4, -0.2) is 57.3 Å². The lowest BCUT2D eigenvalue weighted by atomic mass is 9.99. The molecule has 0 saturated carbocycles. The second kappa shape index (κ2) is 45.1. The van der Waals surface area contributed by atoms with Crippen LogP contribution in [0.25, 0.3) is 0 Å². The van der Waals surface area contributed by atoms with Gasteiger partial charge in [-0.05, 0) is 38.5 Å². The molecule has 0 aliphatic rings. The van der Waals surface area contributed by atoms with E-state index in [0.717, 1.165) is 44.9 Å². The van der Waals surface area contributed by atoms with E-state index in [1.54, 1.807) is 0 Å². The van der Waals surface area contributed by atoms with E-state index in [0.29, 0.717) is 12.8 Å². The Kier molecular flexibility index (Phi) is 44.4. The monoisotopic (exact) mass is 794 g/mol. The summed E-state index contributed by atoms with van der Waals surface area (Å²) in [4.78, 5) is 12.5. The summed E-state index contributed by atoms with van der Waals surface area (Å²) in [6.07, 6.45) is 51.1. The van der Waals surface area contributed by atoms with Crippen molar-refractivity contribution in [3.63, 3.8) is 0 Å². The number of carbonyl (C=O) groups excluding carboxylic acids is 1. The van der Waals surface area contributed by atoms with Crippen molar-refractivity contribution in [3.8, 4) is 0 Å². The maximum absolute atomic E-state index is 12.5. The van der Waals surface area contributed by atoms with Gasteiger partial charge in [-0.1, -0.05) is 244 Å². The largest absolute Gasteiger partial charge is 0.394 e. The predicted molar refractivity (Wildman–Crippen MR) is 242 cm³/mol. The molecule has 4 atom stereocenters. The van der Waals surface area contributed by atoms with E-state index < -0.39 is 36.9 Å². The first kappa shape index (κ1) is 55.0. The highest BCUT2D eigenvalue weighted by Gasteiger charge is 2.28. The Morgan fingerprint density at radius 2 is 0.714 bits per heavy atom. The lowest BCUT2D eigenvalue weighted by molar-refractivity contribution is -0.132. The summed E-state index contributed by atoms with van der Waals surface area (Å²) in [5, 5.41) is 43.9. The number of aliphatic hydroxyl groups excluding tert-OH is 4. The van der Waals surface area contributed by atoms with Crippen LogP contribution < -0.4 is 5.32 Å². The van der Waals surface area contributed by atoms with Crippen molar-refractivity contribution in [2.45, 2.75) is 295 Å². The first-order valence-electron chi connectivity index (χ1n) is 25.1. The average Bonchev–Trinajstić information content (AvgIpc) is 3.20. The molecule has 0 aliphatic heterocycles. The van der Waals surface area contributed by atoms with Crippen LogP contribution in [0.2, 0.25) is 0 Å². The third-order valence-electron chi connectivity index (χ3n) is 12.0. The molecule has 1 amide bonds. The van der Waals surface area contributed by atoms with Crippen molar-refractivity contribution in [1.29, 1.82) is 0 Å². The molecular formula is C50H99NO5. The van der Waals surface area contributed by atoms with E-state index in [1.165, 1.54) is 199 Å².